The van der Waals surface area contributed by atoms with Crippen molar-refractivity contribution < 1.29 is 9.47 Å². The summed E-state index contributed by atoms with van der Waals surface area (Å²) in [5, 5.41) is 7.46. The van der Waals surface area contributed by atoms with Crippen molar-refractivity contribution in [1.29, 1.82) is 5.41 Å². The first kappa shape index (κ1) is 9.98. The summed E-state index contributed by atoms with van der Waals surface area (Å²) < 4.78 is 10.5. The van der Waals surface area contributed by atoms with E-state index in [2.05, 4.69) is 20.9 Å². The Morgan fingerprint density at radius 1 is 1.54 bits per heavy atom. The van der Waals surface area contributed by atoms with Crippen LogP contribution in [0.1, 0.15) is 5.56 Å². The lowest BCUT2D eigenvalue weighted by molar-refractivity contribution is 0.379. The Balaban J connectivity index is 3.15. The molecule has 0 fully saturated rings. The molecule has 0 aliphatic heterocycles. The summed E-state index contributed by atoms with van der Waals surface area (Å²) in [4.78, 5) is 3.98. The number of rotatable bonds is 2. The van der Waals surface area contributed by atoms with Gasteiger partial charge < -0.3 is 9.47 Å². The van der Waals surface area contributed by atoms with Crippen LogP contribution in [0.3, 0.4) is 0 Å². The molecule has 1 heterocycles. The van der Waals surface area contributed by atoms with Crippen molar-refractivity contribution in [1.82, 2.24) is 4.98 Å². The number of halogens is 1. The lowest BCUT2D eigenvalue weighted by Crippen LogP contribution is -2.05. The highest BCUT2D eigenvalue weighted by Crippen LogP contribution is 2.20. The van der Waals surface area contributed by atoms with Crippen molar-refractivity contribution >= 4 is 21.8 Å². The Morgan fingerprint density at radius 2 is 2.23 bits per heavy atom. The Labute approximate surface area is 84.5 Å². The molecule has 0 spiro atoms. The van der Waals surface area contributed by atoms with E-state index in [4.69, 9.17) is 14.9 Å². The minimum Gasteiger partial charge on any atom is -0.481 e. The van der Waals surface area contributed by atoms with Crippen LogP contribution in [0.25, 0.3) is 0 Å². The normalized spacial score (nSPS) is 9.46. The van der Waals surface area contributed by atoms with Gasteiger partial charge in [-0.25, -0.2) is 4.98 Å². The van der Waals surface area contributed by atoms with Crippen LogP contribution in [0.2, 0.25) is 0 Å². The molecule has 0 atom stereocenters. The Kier molecular flexibility index (Phi) is 3.25. The molecule has 0 unspecified atom stereocenters. The van der Waals surface area contributed by atoms with E-state index in [0.29, 0.717) is 11.4 Å². The predicted molar refractivity (Wildman–Crippen MR) is 52.3 cm³/mol. The molecule has 1 aromatic rings. The minimum atomic E-state index is 0.0330. The van der Waals surface area contributed by atoms with Crippen molar-refractivity contribution in [2.24, 2.45) is 0 Å². The SMILES string of the molecule is COC(=N)c1cc(Br)cnc1OC. The van der Waals surface area contributed by atoms with Crippen molar-refractivity contribution in [2.75, 3.05) is 14.2 Å². The van der Waals surface area contributed by atoms with Gasteiger partial charge in [-0.15, -0.1) is 0 Å². The van der Waals surface area contributed by atoms with E-state index in [0.717, 1.165) is 4.47 Å². The van der Waals surface area contributed by atoms with E-state index < -0.39 is 0 Å². The van der Waals surface area contributed by atoms with Gasteiger partial charge in [0, 0.05) is 10.7 Å². The quantitative estimate of drug-likeness (QED) is 0.638. The van der Waals surface area contributed by atoms with Crippen LogP contribution >= 0.6 is 15.9 Å². The number of nitrogens with one attached hydrogen (secondary N) is 1. The van der Waals surface area contributed by atoms with Crippen LogP contribution in [0.4, 0.5) is 0 Å². The van der Waals surface area contributed by atoms with Crippen LogP contribution < -0.4 is 4.74 Å². The monoisotopic (exact) mass is 244 g/mol. The number of ether oxygens (including phenoxy) is 2. The van der Waals surface area contributed by atoms with E-state index in [-0.39, 0.29) is 5.90 Å². The molecular formula is C8H9BrN2O2. The van der Waals surface area contributed by atoms with Gasteiger partial charge in [-0.2, -0.15) is 0 Å². The number of methoxy groups -OCH3 is 2. The summed E-state index contributed by atoms with van der Waals surface area (Å²) in [6.07, 6.45) is 1.60. The Morgan fingerprint density at radius 3 is 2.77 bits per heavy atom. The van der Waals surface area contributed by atoms with E-state index in [1.807, 2.05) is 0 Å². The molecule has 0 saturated heterocycles. The highest BCUT2D eigenvalue weighted by atomic mass is 79.9. The average molecular weight is 245 g/mol. The lowest BCUT2D eigenvalue weighted by Gasteiger charge is -2.07. The fourth-order valence-corrected chi connectivity index (χ4v) is 1.19. The molecule has 0 aliphatic carbocycles. The molecule has 1 N–H and O–H groups in total. The maximum Gasteiger partial charge on any atom is 0.226 e. The van der Waals surface area contributed by atoms with Gasteiger partial charge in [0.2, 0.25) is 11.8 Å². The number of hydrogen-bond donors (Lipinski definition) is 1. The van der Waals surface area contributed by atoms with Crippen LogP contribution in [-0.2, 0) is 4.74 Å². The van der Waals surface area contributed by atoms with Crippen molar-refractivity contribution in [3.63, 3.8) is 0 Å². The summed E-state index contributed by atoms with van der Waals surface area (Å²) in [5.74, 6) is 0.417. The summed E-state index contributed by atoms with van der Waals surface area (Å²) >= 11 is 3.25. The molecule has 4 nitrogen and oxygen atoms in total. The number of hydrogen-bond acceptors (Lipinski definition) is 4. The molecule has 1 aromatic heterocycles. The topological polar surface area (TPSA) is 55.2 Å². The van der Waals surface area contributed by atoms with E-state index >= 15 is 0 Å². The lowest BCUT2D eigenvalue weighted by atomic mass is 10.3. The fourth-order valence-electron chi connectivity index (χ4n) is 0.862. The van der Waals surface area contributed by atoms with E-state index in [1.54, 1.807) is 12.3 Å². The first-order chi connectivity index (χ1) is 6.19. The second kappa shape index (κ2) is 4.23. The molecule has 0 saturated carbocycles. The predicted octanol–water partition coefficient (Wildman–Crippen LogP) is 1.82. The molecule has 0 aliphatic rings. The zero-order chi connectivity index (χ0) is 9.84. The maximum atomic E-state index is 7.46. The first-order valence-electron chi connectivity index (χ1n) is 3.51. The number of aromatic nitrogens is 1. The number of nitrogens with zero attached hydrogens (tertiary/aromatic N) is 1. The van der Waals surface area contributed by atoms with Gasteiger partial charge in [0.25, 0.3) is 0 Å². The zero-order valence-corrected chi connectivity index (χ0v) is 8.88. The first-order valence-corrected chi connectivity index (χ1v) is 4.30. The molecule has 0 bridgehead atoms. The van der Waals surface area contributed by atoms with Gasteiger partial charge >= 0.3 is 0 Å². The van der Waals surface area contributed by atoms with E-state index in [1.165, 1.54) is 14.2 Å². The third-order valence-corrected chi connectivity index (χ3v) is 1.89. The summed E-state index contributed by atoms with van der Waals surface area (Å²) in [7, 11) is 2.94. The summed E-state index contributed by atoms with van der Waals surface area (Å²) in [6.45, 7) is 0. The third-order valence-electron chi connectivity index (χ3n) is 1.46. The van der Waals surface area contributed by atoms with Crippen molar-refractivity contribution in [3.05, 3.63) is 22.3 Å². The van der Waals surface area contributed by atoms with Crippen LogP contribution in [-0.4, -0.2) is 25.1 Å². The van der Waals surface area contributed by atoms with Gasteiger partial charge in [-0.1, -0.05) is 0 Å². The van der Waals surface area contributed by atoms with Crippen LogP contribution in [0.15, 0.2) is 16.7 Å². The maximum absolute atomic E-state index is 7.46. The Bertz CT molecular complexity index is 328. The van der Waals surface area contributed by atoms with Gasteiger partial charge in [-0.3, -0.25) is 5.41 Å². The van der Waals surface area contributed by atoms with Crippen LogP contribution in [0.5, 0.6) is 5.88 Å². The van der Waals surface area contributed by atoms with Gasteiger partial charge in [0.05, 0.1) is 19.8 Å². The third kappa shape index (κ3) is 2.18. The van der Waals surface area contributed by atoms with Gasteiger partial charge in [-0.05, 0) is 22.0 Å². The summed E-state index contributed by atoms with van der Waals surface area (Å²) in [6, 6.07) is 1.72. The van der Waals surface area contributed by atoms with Crippen molar-refractivity contribution in [2.45, 2.75) is 0 Å². The van der Waals surface area contributed by atoms with Crippen LogP contribution in [0, 0.1) is 5.41 Å². The minimum absolute atomic E-state index is 0.0330. The number of pyridine rings is 1. The molecule has 0 amide bonds. The van der Waals surface area contributed by atoms with Gasteiger partial charge in [0.1, 0.15) is 0 Å². The molecule has 13 heavy (non-hydrogen) atoms. The second-order valence-corrected chi connectivity index (χ2v) is 3.16. The second-order valence-electron chi connectivity index (χ2n) is 2.24. The Hall–Kier alpha value is -1.10. The fraction of sp³-hybridized carbons (Fsp3) is 0.250. The molecule has 1 rings (SSSR count). The highest BCUT2D eigenvalue weighted by Gasteiger charge is 2.10. The highest BCUT2D eigenvalue weighted by molar-refractivity contribution is 9.10. The van der Waals surface area contributed by atoms with Crippen molar-refractivity contribution in [3.8, 4) is 5.88 Å². The standard InChI is InChI=1S/C8H9BrN2O2/c1-12-7(10)6-3-5(9)4-11-8(6)13-2/h3-4,10H,1-2H3. The summed E-state index contributed by atoms with van der Waals surface area (Å²) in [5.41, 5.74) is 0.527. The largest absolute Gasteiger partial charge is 0.481 e. The molecule has 0 radical (unpaired) electrons. The molecule has 0 aromatic carbocycles. The molecule has 5 heteroatoms. The molecular weight excluding hydrogens is 236 g/mol. The van der Waals surface area contributed by atoms with E-state index in [9.17, 15) is 0 Å². The van der Waals surface area contributed by atoms with Gasteiger partial charge in [0.15, 0.2) is 0 Å². The smallest absolute Gasteiger partial charge is 0.226 e. The zero-order valence-electron chi connectivity index (χ0n) is 7.30. The average Bonchev–Trinajstić information content (AvgIpc) is 2.16. The molecule has 70 valence electrons.